The fourth-order valence-electron chi connectivity index (χ4n) is 3.69. The van der Waals surface area contributed by atoms with E-state index in [1.807, 2.05) is 0 Å². The van der Waals surface area contributed by atoms with E-state index in [0.29, 0.717) is 5.57 Å². The third kappa shape index (κ3) is 6.63. The molecule has 0 bridgehead atoms. The Hall–Kier alpha value is -2.63. The number of aliphatic hydroxyl groups is 1. The van der Waals surface area contributed by atoms with Gasteiger partial charge in [0.25, 0.3) is 5.85 Å². The van der Waals surface area contributed by atoms with Crippen molar-refractivity contribution in [2.45, 2.75) is 70.1 Å². The van der Waals surface area contributed by atoms with Gasteiger partial charge in [-0.3, -0.25) is 19.0 Å². The average Bonchev–Trinajstić information content (AvgIpc) is 2.98. The highest BCUT2D eigenvalue weighted by Gasteiger charge is 2.66. The van der Waals surface area contributed by atoms with Crippen LogP contribution in [-0.4, -0.2) is 64.5 Å². The monoisotopic (exact) mass is 544 g/mol. The van der Waals surface area contributed by atoms with Crippen molar-refractivity contribution in [1.82, 2.24) is 9.99 Å². The number of para-hydroxylation sites is 1. The molecule has 2 heterocycles. The van der Waals surface area contributed by atoms with Crippen molar-refractivity contribution in [2.75, 3.05) is 6.61 Å². The van der Waals surface area contributed by atoms with Gasteiger partial charge in [-0.15, -0.1) is 0 Å². The molecule has 0 spiro atoms. The molecule has 0 aromatic heterocycles. The third-order valence-electron chi connectivity index (χ3n) is 5.58. The molecule has 204 valence electrons. The van der Waals surface area contributed by atoms with Crippen LogP contribution in [0, 0.1) is 0 Å². The number of ether oxygens (including phenoxy) is 2. The van der Waals surface area contributed by atoms with Crippen LogP contribution in [0.4, 0.5) is 8.78 Å². The van der Waals surface area contributed by atoms with Gasteiger partial charge in [-0.25, -0.2) is 13.3 Å². The van der Waals surface area contributed by atoms with E-state index in [2.05, 4.69) is 11.7 Å². The zero-order valence-electron chi connectivity index (χ0n) is 20.9. The van der Waals surface area contributed by atoms with E-state index < -0.39 is 62.2 Å². The highest BCUT2D eigenvalue weighted by molar-refractivity contribution is 7.52. The first-order chi connectivity index (χ1) is 17.2. The maximum atomic E-state index is 15.8. The molecule has 13 heteroatoms. The largest absolute Gasteiger partial charge is 0.462 e. The molecule has 1 aromatic carbocycles. The molecule has 2 N–H and O–H groups in total. The fraction of sp³-hybridized carbons (Fsp3) is 0.500. The lowest BCUT2D eigenvalue weighted by Crippen LogP contribution is -2.51. The summed E-state index contributed by atoms with van der Waals surface area (Å²) in [6.07, 6.45) is -2.28. The van der Waals surface area contributed by atoms with Gasteiger partial charge in [0, 0.05) is 6.20 Å². The Morgan fingerprint density at radius 3 is 2.57 bits per heavy atom. The number of allylic oxidation sites excluding steroid dienone is 1. The Labute approximate surface area is 213 Å². The van der Waals surface area contributed by atoms with Crippen molar-refractivity contribution in [3.63, 3.8) is 0 Å². The van der Waals surface area contributed by atoms with Crippen molar-refractivity contribution in [3.8, 4) is 5.75 Å². The first-order valence-corrected chi connectivity index (χ1v) is 13.1. The van der Waals surface area contributed by atoms with Crippen molar-refractivity contribution >= 4 is 19.6 Å². The van der Waals surface area contributed by atoms with Gasteiger partial charge in [0.2, 0.25) is 5.91 Å². The lowest BCUT2D eigenvalue weighted by molar-refractivity contribution is -0.209. The van der Waals surface area contributed by atoms with E-state index >= 15 is 8.78 Å². The van der Waals surface area contributed by atoms with E-state index in [4.69, 9.17) is 18.5 Å². The van der Waals surface area contributed by atoms with Crippen molar-refractivity contribution in [2.24, 2.45) is 0 Å². The Balaban J connectivity index is 1.82. The van der Waals surface area contributed by atoms with Crippen LogP contribution < -0.4 is 9.61 Å². The summed E-state index contributed by atoms with van der Waals surface area (Å²) in [7, 11) is -4.54. The minimum Gasteiger partial charge on any atom is -0.462 e. The molecule has 1 saturated heterocycles. The number of halogens is 2. The summed E-state index contributed by atoms with van der Waals surface area (Å²) >= 11 is 0. The average molecular weight is 544 g/mol. The molecule has 0 radical (unpaired) electrons. The van der Waals surface area contributed by atoms with Crippen LogP contribution in [-0.2, 0) is 28.2 Å². The molecule has 1 amide bonds. The van der Waals surface area contributed by atoms with Crippen molar-refractivity contribution < 1.29 is 46.6 Å². The number of hydrogen-bond acceptors (Lipinski definition) is 8. The molecule has 6 atom stereocenters. The zero-order valence-corrected chi connectivity index (χ0v) is 21.8. The first-order valence-electron chi connectivity index (χ1n) is 11.6. The molecule has 1 aromatic rings. The van der Waals surface area contributed by atoms with E-state index in [1.54, 1.807) is 32.0 Å². The number of alkyl halides is 2. The minimum atomic E-state index is -4.54. The number of carbonyl (C=O) groups is 2. The van der Waals surface area contributed by atoms with E-state index in [0.717, 1.165) is 11.8 Å². The molecule has 0 aliphatic carbocycles. The van der Waals surface area contributed by atoms with Gasteiger partial charge in [0.1, 0.15) is 18.4 Å². The van der Waals surface area contributed by atoms with Crippen LogP contribution in [0.5, 0.6) is 5.75 Å². The summed E-state index contributed by atoms with van der Waals surface area (Å²) in [5.74, 6) is -4.58. The Morgan fingerprint density at radius 1 is 1.32 bits per heavy atom. The second kappa shape index (κ2) is 11.0. The Kier molecular flexibility index (Phi) is 8.60. The number of carbonyl (C=O) groups excluding carboxylic acids is 2. The highest BCUT2D eigenvalue weighted by Crippen LogP contribution is 2.50. The van der Waals surface area contributed by atoms with Gasteiger partial charge in [-0.05, 0) is 51.5 Å². The number of rotatable bonds is 10. The molecular formula is C24H31F2N2O8P. The van der Waals surface area contributed by atoms with Gasteiger partial charge < -0.3 is 19.1 Å². The fourth-order valence-corrected chi connectivity index (χ4v) is 5.20. The molecule has 3 rings (SSSR count). The first kappa shape index (κ1) is 28.9. The molecule has 1 fully saturated rings. The molecule has 0 saturated carbocycles. The lowest BCUT2D eigenvalue weighted by atomic mass is 9.96. The summed E-state index contributed by atoms with van der Waals surface area (Å²) in [4.78, 5) is 25.5. The second-order valence-electron chi connectivity index (χ2n) is 9.27. The van der Waals surface area contributed by atoms with Crippen molar-refractivity contribution in [3.05, 3.63) is 54.8 Å². The quantitative estimate of drug-likeness (QED) is 0.336. The maximum absolute atomic E-state index is 15.8. The van der Waals surface area contributed by atoms with E-state index in [1.165, 1.54) is 31.3 Å². The summed E-state index contributed by atoms with van der Waals surface area (Å²) in [6.45, 7) is 7.82. The molecular weight excluding hydrogens is 513 g/mol. The molecule has 37 heavy (non-hydrogen) atoms. The number of nitrogens with one attached hydrogen (secondary N) is 1. The van der Waals surface area contributed by atoms with Gasteiger partial charge in [0.15, 0.2) is 18.0 Å². The normalized spacial score (nSPS) is 30.3. The lowest BCUT2D eigenvalue weighted by Gasteiger charge is -2.33. The maximum Gasteiger partial charge on any atom is 0.459 e. The van der Waals surface area contributed by atoms with Crippen LogP contribution in [0.1, 0.15) is 34.1 Å². The number of hydrogen-bond donors (Lipinski definition) is 2. The SMILES string of the molecule is C=C1C=CN([C@@H]2O[C@](F)(CO[P@@](=O)(N[C@@H](C)C(=O)OC(C)C)Oc3ccccc3)[C@@H](O)[C@@]2(C)F)C(=O)C1. The number of benzene rings is 1. The second-order valence-corrected chi connectivity index (χ2v) is 11.0. The third-order valence-corrected chi connectivity index (χ3v) is 7.20. The van der Waals surface area contributed by atoms with Crippen LogP contribution in [0.3, 0.4) is 0 Å². The van der Waals surface area contributed by atoms with Crippen LogP contribution in [0.25, 0.3) is 0 Å². The standard InChI is InChI=1S/C24H31F2N2O8P/c1-15(2)34-20(30)17(4)27-37(32,36-18-9-7-6-8-10-18)33-14-24(26)21(31)23(5,25)22(35-24)28-12-11-16(3)13-19(28)29/h6-12,15,17,21-22,31H,3,13-14H2,1-2,4-5H3,(H,27,32)/t17-,21-,22+,23+,24+,37-/m0/s1. The zero-order chi connectivity index (χ0) is 27.6. The molecule has 0 unspecified atom stereocenters. The summed E-state index contributed by atoms with van der Waals surface area (Å²) in [5, 5.41) is 12.9. The minimum absolute atomic E-state index is 0.0565. The van der Waals surface area contributed by atoms with Gasteiger partial charge >= 0.3 is 13.7 Å². The molecule has 10 nitrogen and oxygen atoms in total. The van der Waals surface area contributed by atoms with Crippen LogP contribution >= 0.6 is 7.75 Å². The Morgan fingerprint density at radius 2 is 1.97 bits per heavy atom. The number of aliphatic hydroxyl groups excluding tert-OH is 1. The Bertz CT molecular complexity index is 1100. The number of esters is 1. The smallest absolute Gasteiger partial charge is 0.459 e. The van der Waals surface area contributed by atoms with Crippen LogP contribution in [0.15, 0.2) is 54.8 Å². The molecule has 2 aliphatic heterocycles. The van der Waals surface area contributed by atoms with Gasteiger partial charge in [0.05, 0.1) is 12.5 Å². The van der Waals surface area contributed by atoms with Crippen LogP contribution in [0.2, 0.25) is 0 Å². The molecule has 2 aliphatic rings. The van der Waals surface area contributed by atoms with E-state index in [-0.39, 0.29) is 12.2 Å². The number of nitrogens with zero attached hydrogens (tertiary/aromatic N) is 1. The van der Waals surface area contributed by atoms with Gasteiger partial charge in [-0.2, -0.15) is 5.09 Å². The predicted octanol–water partition coefficient (Wildman–Crippen LogP) is 3.53. The summed E-state index contributed by atoms with van der Waals surface area (Å²) in [6, 6.07) is 6.49. The predicted molar refractivity (Wildman–Crippen MR) is 128 cm³/mol. The highest BCUT2D eigenvalue weighted by atomic mass is 31.2. The summed E-state index contributed by atoms with van der Waals surface area (Å²) in [5.41, 5.74) is -2.31. The van der Waals surface area contributed by atoms with E-state index in [9.17, 15) is 19.3 Å². The summed E-state index contributed by atoms with van der Waals surface area (Å²) < 4.78 is 65.9. The topological polar surface area (TPSA) is 124 Å². The van der Waals surface area contributed by atoms with Crippen molar-refractivity contribution in [1.29, 1.82) is 0 Å². The number of amides is 1. The van der Waals surface area contributed by atoms with Gasteiger partial charge in [-0.1, -0.05) is 24.8 Å².